The molecule has 0 bridgehead atoms. The SMILES string of the molecule is Cc1ccc2cc(C(N)c3snnc3C)ccc2n1. The molecule has 0 aliphatic rings. The molecule has 5 heteroatoms. The molecule has 1 aromatic carbocycles. The van der Waals surface area contributed by atoms with Gasteiger partial charge in [0.1, 0.15) is 0 Å². The second-order valence-corrected chi connectivity index (χ2v) is 5.39. The zero-order chi connectivity index (χ0) is 13.4. The van der Waals surface area contributed by atoms with Gasteiger partial charge in [-0.3, -0.25) is 4.98 Å². The first-order valence-electron chi connectivity index (χ1n) is 6.07. The van der Waals surface area contributed by atoms with E-state index in [9.17, 15) is 0 Å². The predicted molar refractivity (Wildman–Crippen MR) is 77.2 cm³/mol. The first-order chi connectivity index (χ1) is 9.15. The Kier molecular flexibility index (Phi) is 3.00. The summed E-state index contributed by atoms with van der Waals surface area (Å²) in [5, 5.41) is 5.12. The second-order valence-electron chi connectivity index (χ2n) is 4.61. The van der Waals surface area contributed by atoms with Crippen molar-refractivity contribution in [2.75, 3.05) is 0 Å². The van der Waals surface area contributed by atoms with Crippen LogP contribution in [-0.2, 0) is 0 Å². The van der Waals surface area contributed by atoms with Crippen molar-refractivity contribution in [3.63, 3.8) is 0 Å². The Morgan fingerprint density at radius 3 is 2.74 bits per heavy atom. The summed E-state index contributed by atoms with van der Waals surface area (Å²) in [5.41, 5.74) is 10.3. The van der Waals surface area contributed by atoms with E-state index >= 15 is 0 Å². The molecule has 2 heterocycles. The molecule has 3 aromatic rings. The Hall–Kier alpha value is -1.85. The van der Waals surface area contributed by atoms with Gasteiger partial charge in [0.25, 0.3) is 0 Å². The normalized spacial score (nSPS) is 12.8. The lowest BCUT2D eigenvalue weighted by Crippen LogP contribution is -2.11. The number of aromatic nitrogens is 3. The van der Waals surface area contributed by atoms with Crippen LogP contribution in [0.25, 0.3) is 10.9 Å². The summed E-state index contributed by atoms with van der Waals surface area (Å²) in [4.78, 5) is 5.51. The van der Waals surface area contributed by atoms with Crippen molar-refractivity contribution >= 4 is 22.4 Å². The minimum atomic E-state index is -0.175. The number of nitrogens with two attached hydrogens (primary N) is 1. The van der Waals surface area contributed by atoms with E-state index in [1.165, 1.54) is 11.5 Å². The molecule has 0 spiro atoms. The van der Waals surface area contributed by atoms with Gasteiger partial charge in [-0.05, 0) is 49.1 Å². The third kappa shape index (κ3) is 2.22. The summed E-state index contributed by atoms with van der Waals surface area (Å²) < 4.78 is 3.94. The smallest absolute Gasteiger partial charge is 0.0776 e. The first kappa shape index (κ1) is 12.2. The quantitative estimate of drug-likeness (QED) is 0.777. The number of hydrogen-bond acceptors (Lipinski definition) is 5. The van der Waals surface area contributed by atoms with Gasteiger partial charge in [-0.25, -0.2) is 0 Å². The van der Waals surface area contributed by atoms with Gasteiger partial charge < -0.3 is 5.73 Å². The van der Waals surface area contributed by atoms with Gasteiger partial charge in [0.05, 0.1) is 22.1 Å². The largest absolute Gasteiger partial charge is 0.320 e. The van der Waals surface area contributed by atoms with Crippen molar-refractivity contribution in [3.8, 4) is 0 Å². The van der Waals surface area contributed by atoms with Crippen molar-refractivity contribution in [2.24, 2.45) is 5.73 Å². The van der Waals surface area contributed by atoms with Gasteiger partial charge in [-0.1, -0.05) is 16.6 Å². The fourth-order valence-corrected chi connectivity index (χ4v) is 2.79. The molecule has 0 radical (unpaired) electrons. The molecule has 0 fully saturated rings. The van der Waals surface area contributed by atoms with E-state index in [1.54, 1.807) is 0 Å². The maximum Gasteiger partial charge on any atom is 0.0776 e. The summed E-state index contributed by atoms with van der Waals surface area (Å²) in [7, 11) is 0. The molecular weight excluding hydrogens is 256 g/mol. The number of rotatable bonds is 2. The number of benzene rings is 1. The molecule has 96 valence electrons. The molecule has 0 saturated carbocycles. The van der Waals surface area contributed by atoms with Gasteiger partial charge >= 0.3 is 0 Å². The zero-order valence-electron chi connectivity index (χ0n) is 10.8. The Morgan fingerprint density at radius 1 is 1.16 bits per heavy atom. The van der Waals surface area contributed by atoms with Crippen molar-refractivity contribution in [3.05, 3.63) is 52.2 Å². The third-order valence-electron chi connectivity index (χ3n) is 3.18. The van der Waals surface area contributed by atoms with Crippen LogP contribution in [0.1, 0.15) is 27.9 Å². The van der Waals surface area contributed by atoms with Crippen LogP contribution >= 0.6 is 11.5 Å². The number of nitrogens with zero attached hydrogens (tertiary/aromatic N) is 3. The molecular formula is C14H14N4S. The number of fused-ring (bicyclic) bond motifs is 1. The van der Waals surface area contributed by atoms with E-state index < -0.39 is 0 Å². The van der Waals surface area contributed by atoms with Crippen LogP contribution in [-0.4, -0.2) is 14.6 Å². The molecule has 1 unspecified atom stereocenters. The van der Waals surface area contributed by atoms with E-state index in [1.807, 2.05) is 32.0 Å². The van der Waals surface area contributed by atoms with Crippen LogP contribution in [0, 0.1) is 13.8 Å². The highest BCUT2D eigenvalue weighted by Gasteiger charge is 2.15. The van der Waals surface area contributed by atoms with Gasteiger partial charge in [-0.2, -0.15) is 0 Å². The van der Waals surface area contributed by atoms with Crippen molar-refractivity contribution in [1.82, 2.24) is 14.6 Å². The van der Waals surface area contributed by atoms with Crippen molar-refractivity contribution in [2.45, 2.75) is 19.9 Å². The Bertz CT molecular complexity index is 735. The highest BCUT2D eigenvalue weighted by atomic mass is 32.1. The molecule has 0 aliphatic heterocycles. The predicted octanol–water partition coefficient (Wildman–Crippen LogP) is 2.75. The van der Waals surface area contributed by atoms with Crippen LogP contribution in [0.2, 0.25) is 0 Å². The summed E-state index contributed by atoms with van der Waals surface area (Å²) >= 11 is 1.36. The maximum absolute atomic E-state index is 6.29. The van der Waals surface area contributed by atoms with E-state index in [4.69, 9.17) is 5.73 Å². The van der Waals surface area contributed by atoms with Crippen LogP contribution in [0.5, 0.6) is 0 Å². The van der Waals surface area contributed by atoms with E-state index in [2.05, 4.69) is 26.7 Å². The lowest BCUT2D eigenvalue weighted by molar-refractivity contribution is 0.876. The molecule has 0 amide bonds. The number of hydrogen-bond donors (Lipinski definition) is 1. The molecule has 19 heavy (non-hydrogen) atoms. The van der Waals surface area contributed by atoms with Crippen molar-refractivity contribution in [1.29, 1.82) is 0 Å². The Balaban J connectivity index is 2.06. The molecule has 2 aromatic heterocycles. The molecule has 1 atom stereocenters. The standard InChI is InChI=1S/C14H14N4S/c1-8-3-4-10-7-11(5-6-12(10)16-8)13(15)14-9(2)17-18-19-14/h3-7,13H,15H2,1-2H3. The fraction of sp³-hybridized carbons (Fsp3) is 0.214. The summed E-state index contributed by atoms with van der Waals surface area (Å²) in [6.07, 6.45) is 0. The van der Waals surface area contributed by atoms with Crippen LogP contribution in [0.15, 0.2) is 30.3 Å². The number of aryl methyl sites for hydroxylation is 2. The van der Waals surface area contributed by atoms with Crippen molar-refractivity contribution < 1.29 is 0 Å². The minimum Gasteiger partial charge on any atom is -0.320 e. The lowest BCUT2D eigenvalue weighted by Gasteiger charge is -2.11. The van der Waals surface area contributed by atoms with Crippen LogP contribution in [0.4, 0.5) is 0 Å². The van der Waals surface area contributed by atoms with E-state index in [0.29, 0.717) is 0 Å². The summed E-state index contributed by atoms with van der Waals surface area (Å²) in [6.45, 7) is 3.93. The molecule has 4 nitrogen and oxygen atoms in total. The van der Waals surface area contributed by atoms with E-state index in [-0.39, 0.29) is 6.04 Å². The Morgan fingerprint density at radius 2 is 2.00 bits per heavy atom. The monoisotopic (exact) mass is 270 g/mol. The highest BCUT2D eigenvalue weighted by molar-refractivity contribution is 7.05. The van der Waals surface area contributed by atoms with Gasteiger partial charge in [0.2, 0.25) is 0 Å². The molecule has 0 saturated heterocycles. The average Bonchev–Trinajstić information content (AvgIpc) is 2.83. The first-order valence-corrected chi connectivity index (χ1v) is 6.84. The fourth-order valence-electron chi connectivity index (χ4n) is 2.11. The molecule has 0 aliphatic carbocycles. The van der Waals surface area contributed by atoms with Gasteiger partial charge in [-0.15, -0.1) is 5.10 Å². The third-order valence-corrected chi connectivity index (χ3v) is 4.09. The van der Waals surface area contributed by atoms with Crippen LogP contribution in [0.3, 0.4) is 0 Å². The summed E-state index contributed by atoms with van der Waals surface area (Å²) in [5.74, 6) is 0. The van der Waals surface area contributed by atoms with E-state index in [0.717, 1.165) is 32.7 Å². The lowest BCUT2D eigenvalue weighted by atomic mass is 10.0. The van der Waals surface area contributed by atoms with Gasteiger partial charge in [0.15, 0.2) is 0 Å². The summed E-state index contributed by atoms with van der Waals surface area (Å²) in [6, 6.07) is 10.0. The highest BCUT2D eigenvalue weighted by Crippen LogP contribution is 2.26. The zero-order valence-corrected chi connectivity index (χ0v) is 11.6. The maximum atomic E-state index is 6.29. The second kappa shape index (κ2) is 4.68. The van der Waals surface area contributed by atoms with Gasteiger partial charge in [0, 0.05) is 11.1 Å². The number of pyridine rings is 1. The molecule has 2 N–H and O–H groups in total. The average molecular weight is 270 g/mol. The Labute approximate surface area is 115 Å². The topological polar surface area (TPSA) is 64.7 Å². The van der Waals surface area contributed by atoms with Crippen LogP contribution < -0.4 is 5.73 Å². The molecule has 3 rings (SSSR count). The minimum absolute atomic E-state index is 0.175.